The average molecular weight is 391 g/mol. The van der Waals surface area contributed by atoms with Gasteiger partial charge in [-0.15, -0.1) is 0 Å². The molecule has 0 fully saturated rings. The molecule has 0 saturated heterocycles. The van der Waals surface area contributed by atoms with Crippen LogP contribution in [-0.4, -0.2) is 53.2 Å². The number of nitrogens with one attached hydrogen (secondary N) is 2. The lowest BCUT2D eigenvalue weighted by atomic mass is 10.0. The predicted octanol–water partition coefficient (Wildman–Crippen LogP) is 1.37. The molecule has 1 heterocycles. The van der Waals surface area contributed by atoms with Gasteiger partial charge in [0.05, 0.1) is 12.1 Å². The Kier molecular flexibility index (Phi) is 8.00. The van der Waals surface area contributed by atoms with Crippen LogP contribution in [0, 0.1) is 5.92 Å². The highest BCUT2D eigenvalue weighted by Crippen LogP contribution is 2.17. The lowest BCUT2D eigenvalue weighted by molar-refractivity contribution is -0.154. The normalized spacial score (nSPS) is 12.4. The Morgan fingerprint density at radius 2 is 1.93 bits per heavy atom. The van der Waals surface area contributed by atoms with E-state index in [4.69, 9.17) is 5.11 Å². The zero-order valence-corrected chi connectivity index (χ0v) is 14.7. The fourth-order valence-electron chi connectivity index (χ4n) is 1.96. The number of alkyl halides is 3. The molecule has 1 aromatic rings. The maximum atomic E-state index is 12.0. The minimum Gasteiger partial charge on any atom is -0.480 e. The van der Waals surface area contributed by atoms with Gasteiger partial charge in [0.15, 0.2) is 6.61 Å². The summed E-state index contributed by atoms with van der Waals surface area (Å²) in [7, 11) is 0. The number of halogens is 3. The Morgan fingerprint density at radius 3 is 2.41 bits per heavy atom. The molecule has 0 unspecified atom stereocenters. The summed E-state index contributed by atoms with van der Waals surface area (Å²) < 4.78 is 40.5. The number of hydrogen-bond donors (Lipinski definition) is 3. The van der Waals surface area contributed by atoms with Crippen LogP contribution in [0.15, 0.2) is 18.3 Å². The summed E-state index contributed by atoms with van der Waals surface area (Å²) in [6, 6.07) is 1.20. The van der Waals surface area contributed by atoms with E-state index in [1.54, 1.807) is 13.8 Å². The highest BCUT2D eigenvalue weighted by Gasteiger charge is 2.28. The minimum atomic E-state index is -4.51. The van der Waals surface area contributed by atoms with E-state index >= 15 is 0 Å². The van der Waals surface area contributed by atoms with E-state index in [0.29, 0.717) is 0 Å². The Bertz CT molecular complexity index is 662. The van der Waals surface area contributed by atoms with E-state index in [1.165, 1.54) is 6.07 Å². The SMILES string of the molecule is CC(C)C[C@H](NC(=O)CNC(=O)c1ccc(OCC(F)(F)F)nc1)C(=O)O. The number of nitrogens with zero attached hydrogens (tertiary/aromatic N) is 1. The maximum absolute atomic E-state index is 12.0. The highest BCUT2D eigenvalue weighted by atomic mass is 19.4. The van der Waals surface area contributed by atoms with Crippen molar-refractivity contribution in [3.05, 3.63) is 23.9 Å². The summed E-state index contributed by atoms with van der Waals surface area (Å²) in [5.74, 6) is -2.82. The van der Waals surface area contributed by atoms with Gasteiger partial charge < -0.3 is 20.5 Å². The van der Waals surface area contributed by atoms with Crippen LogP contribution >= 0.6 is 0 Å². The lowest BCUT2D eigenvalue weighted by Crippen LogP contribution is -2.46. The van der Waals surface area contributed by atoms with E-state index in [2.05, 4.69) is 20.4 Å². The van der Waals surface area contributed by atoms with Crippen molar-refractivity contribution in [2.24, 2.45) is 5.92 Å². The zero-order chi connectivity index (χ0) is 20.6. The molecule has 27 heavy (non-hydrogen) atoms. The molecule has 0 radical (unpaired) electrons. The number of carbonyl (C=O) groups excluding carboxylic acids is 2. The second kappa shape index (κ2) is 9.74. The van der Waals surface area contributed by atoms with Gasteiger partial charge >= 0.3 is 12.1 Å². The van der Waals surface area contributed by atoms with E-state index in [0.717, 1.165) is 12.3 Å². The van der Waals surface area contributed by atoms with Gasteiger partial charge in [-0.05, 0) is 18.4 Å². The summed E-state index contributed by atoms with van der Waals surface area (Å²) in [5, 5.41) is 13.6. The molecule has 11 heteroatoms. The van der Waals surface area contributed by atoms with Crippen LogP contribution in [0.3, 0.4) is 0 Å². The largest absolute Gasteiger partial charge is 0.480 e. The quantitative estimate of drug-likeness (QED) is 0.585. The van der Waals surface area contributed by atoms with Crippen molar-refractivity contribution >= 4 is 17.8 Å². The topological polar surface area (TPSA) is 118 Å². The molecule has 2 amide bonds. The first-order chi connectivity index (χ1) is 12.5. The number of carboxylic acid groups (broad SMARTS) is 1. The van der Waals surface area contributed by atoms with E-state index < -0.39 is 43.2 Å². The van der Waals surface area contributed by atoms with Gasteiger partial charge in [-0.3, -0.25) is 9.59 Å². The molecule has 0 bridgehead atoms. The zero-order valence-electron chi connectivity index (χ0n) is 14.7. The third-order valence-corrected chi connectivity index (χ3v) is 3.13. The third-order valence-electron chi connectivity index (χ3n) is 3.13. The molecule has 8 nitrogen and oxygen atoms in total. The van der Waals surface area contributed by atoms with Gasteiger partial charge in [0.1, 0.15) is 6.04 Å². The number of carbonyl (C=O) groups is 3. The first-order valence-corrected chi connectivity index (χ1v) is 7.94. The number of ether oxygens (including phenoxy) is 1. The van der Waals surface area contributed by atoms with Crippen molar-refractivity contribution in [2.45, 2.75) is 32.5 Å². The average Bonchev–Trinajstić information content (AvgIpc) is 2.56. The summed E-state index contributed by atoms with van der Waals surface area (Å²) in [6.45, 7) is 1.64. The fraction of sp³-hybridized carbons (Fsp3) is 0.500. The van der Waals surface area contributed by atoms with E-state index in [9.17, 15) is 27.6 Å². The number of aliphatic carboxylic acids is 1. The molecule has 0 saturated carbocycles. The Labute approximate surface area is 153 Å². The molecule has 1 atom stereocenters. The molecule has 0 aliphatic carbocycles. The van der Waals surface area contributed by atoms with Crippen LogP contribution in [0.25, 0.3) is 0 Å². The summed E-state index contributed by atoms with van der Waals surface area (Å²) in [6.07, 6.45) is -3.27. The number of aromatic nitrogens is 1. The molecule has 3 N–H and O–H groups in total. The van der Waals surface area contributed by atoms with Gasteiger partial charge in [0.2, 0.25) is 11.8 Å². The van der Waals surface area contributed by atoms with E-state index in [-0.39, 0.29) is 23.8 Å². The maximum Gasteiger partial charge on any atom is 0.422 e. The van der Waals surface area contributed by atoms with Crippen molar-refractivity contribution in [3.8, 4) is 5.88 Å². The second-order valence-corrected chi connectivity index (χ2v) is 6.06. The van der Waals surface area contributed by atoms with Crippen molar-refractivity contribution in [1.29, 1.82) is 0 Å². The first-order valence-electron chi connectivity index (χ1n) is 7.94. The molecule has 0 aromatic carbocycles. The number of carboxylic acids is 1. The molecule has 1 rings (SSSR count). The minimum absolute atomic E-state index is 0.000811. The molecule has 0 aliphatic heterocycles. The Balaban J connectivity index is 2.51. The van der Waals surface area contributed by atoms with Crippen LogP contribution < -0.4 is 15.4 Å². The Hall–Kier alpha value is -2.85. The van der Waals surface area contributed by atoms with Crippen molar-refractivity contribution in [3.63, 3.8) is 0 Å². The fourth-order valence-corrected chi connectivity index (χ4v) is 1.96. The molecular formula is C16H20F3N3O5. The molecule has 0 aliphatic rings. The van der Waals surface area contributed by atoms with E-state index in [1.807, 2.05) is 0 Å². The molecule has 150 valence electrons. The molecular weight excluding hydrogens is 371 g/mol. The second-order valence-electron chi connectivity index (χ2n) is 6.06. The smallest absolute Gasteiger partial charge is 0.422 e. The van der Waals surface area contributed by atoms with Gasteiger partial charge in [-0.2, -0.15) is 13.2 Å². The number of rotatable bonds is 9. The van der Waals surface area contributed by atoms with Crippen LogP contribution in [0.4, 0.5) is 13.2 Å². The van der Waals surface area contributed by atoms with Crippen LogP contribution in [0.5, 0.6) is 5.88 Å². The first kappa shape index (κ1) is 22.2. The summed E-state index contributed by atoms with van der Waals surface area (Å²) >= 11 is 0. The van der Waals surface area contributed by atoms with Crippen LogP contribution in [0.1, 0.15) is 30.6 Å². The van der Waals surface area contributed by atoms with Crippen molar-refractivity contribution < 1.29 is 37.4 Å². The number of hydrogen-bond acceptors (Lipinski definition) is 5. The van der Waals surface area contributed by atoms with Crippen LogP contribution in [0.2, 0.25) is 0 Å². The highest BCUT2D eigenvalue weighted by molar-refractivity contribution is 5.96. The lowest BCUT2D eigenvalue weighted by Gasteiger charge is -2.16. The van der Waals surface area contributed by atoms with Gasteiger partial charge in [-0.25, -0.2) is 9.78 Å². The van der Waals surface area contributed by atoms with Gasteiger partial charge in [0, 0.05) is 12.3 Å². The number of amides is 2. The Morgan fingerprint density at radius 1 is 1.26 bits per heavy atom. The molecule has 1 aromatic heterocycles. The third kappa shape index (κ3) is 8.88. The van der Waals surface area contributed by atoms with Crippen molar-refractivity contribution in [2.75, 3.05) is 13.2 Å². The van der Waals surface area contributed by atoms with Gasteiger partial charge in [0.25, 0.3) is 5.91 Å². The molecule has 0 spiro atoms. The standard InChI is InChI=1S/C16H20F3N3O5/c1-9(2)5-11(15(25)26)22-12(23)7-21-14(24)10-3-4-13(20-6-10)27-8-16(17,18)19/h3-4,6,9,11H,5,7-8H2,1-2H3,(H,21,24)(H,22,23)(H,25,26)/t11-/m0/s1. The number of pyridine rings is 1. The van der Waals surface area contributed by atoms with Crippen molar-refractivity contribution in [1.82, 2.24) is 15.6 Å². The van der Waals surface area contributed by atoms with Gasteiger partial charge in [-0.1, -0.05) is 13.8 Å². The van der Waals surface area contributed by atoms with Crippen LogP contribution in [-0.2, 0) is 9.59 Å². The predicted molar refractivity (Wildman–Crippen MR) is 87.1 cm³/mol. The monoisotopic (exact) mass is 391 g/mol. The summed E-state index contributed by atoms with van der Waals surface area (Å²) in [5.41, 5.74) is -0.000811. The summed E-state index contributed by atoms with van der Waals surface area (Å²) in [4.78, 5) is 38.3.